The Morgan fingerprint density at radius 1 is 0.828 bits per heavy atom. The summed E-state index contributed by atoms with van der Waals surface area (Å²) in [6.45, 7) is 6.90. The highest BCUT2D eigenvalue weighted by Gasteiger charge is 2.25. The first-order chi connectivity index (χ1) is 13.4. The van der Waals surface area contributed by atoms with Gasteiger partial charge in [-0.05, 0) is 66.5 Å². The lowest BCUT2D eigenvalue weighted by Crippen LogP contribution is -2.48. The Hall–Kier alpha value is -1.26. The van der Waals surface area contributed by atoms with Gasteiger partial charge in [0.25, 0.3) is 0 Å². The average molecular weight is 434 g/mol. The van der Waals surface area contributed by atoms with E-state index in [9.17, 15) is 0 Å². The fraction of sp³-hybridized carbons (Fsp3) is 0.500. The molecule has 0 bridgehead atoms. The molecule has 0 aromatic heterocycles. The molecule has 5 heteroatoms. The van der Waals surface area contributed by atoms with Gasteiger partial charge >= 0.3 is 0 Å². The maximum Gasteiger partial charge on any atom is 0.0367 e. The Kier molecular flexibility index (Phi) is 7.86. The number of halogens is 2. The molecule has 2 aromatic rings. The van der Waals surface area contributed by atoms with Gasteiger partial charge in [-0.15, -0.1) is 24.8 Å². The monoisotopic (exact) mass is 433 g/mol. The minimum Gasteiger partial charge on any atom is -0.369 e. The molecular formula is C24H33Cl2N3. The molecule has 1 heterocycles. The van der Waals surface area contributed by atoms with Crippen LogP contribution in [0.2, 0.25) is 0 Å². The molecule has 0 spiro atoms. The second-order valence-corrected chi connectivity index (χ2v) is 8.38. The van der Waals surface area contributed by atoms with Crippen molar-refractivity contribution in [1.29, 1.82) is 0 Å². The summed E-state index contributed by atoms with van der Waals surface area (Å²) >= 11 is 0. The number of benzene rings is 2. The number of anilines is 1. The number of hydrogen-bond donors (Lipinski definition) is 1. The van der Waals surface area contributed by atoms with Gasteiger partial charge in [0.1, 0.15) is 0 Å². The number of nitrogens with one attached hydrogen (secondary N) is 1. The van der Waals surface area contributed by atoms with Crippen molar-refractivity contribution < 1.29 is 0 Å². The van der Waals surface area contributed by atoms with E-state index in [2.05, 4.69) is 57.6 Å². The SMILES string of the molecule is Cl.Cl.c1ccc(N2CCN(CCNC3CCc4cc5c(cc43)CCC5)CC2)cc1. The number of rotatable bonds is 5. The first kappa shape index (κ1) is 22.4. The van der Waals surface area contributed by atoms with Gasteiger partial charge in [-0.1, -0.05) is 30.3 Å². The van der Waals surface area contributed by atoms with E-state index in [1.807, 2.05) is 0 Å². The van der Waals surface area contributed by atoms with E-state index < -0.39 is 0 Å². The predicted octanol–water partition coefficient (Wildman–Crippen LogP) is 4.42. The van der Waals surface area contributed by atoms with Gasteiger partial charge in [-0.25, -0.2) is 0 Å². The van der Waals surface area contributed by atoms with Crippen LogP contribution in [0.15, 0.2) is 42.5 Å². The normalized spacial score (nSPS) is 20.6. The van der Waals surface area contributed by atoms with E-state index in [-0.39, 0.29) is 24.8 Å². The topological polar surface area (TPSA) is 18.5 Å². The van der Waals surface area contributed by atoms with Gasteiger partial charge in [0, 0.05) is 51.0 Å². The Morgan fingerprint density at radius 2 is 1.55 bits per heavy atom. The molecular weight excluding hydrogens is 401 g/mol. The van der Waals surface area contributed by atoms with Crippen molar-refractivity contribution in [3.8, 4) is 0 Å². The zero-order valence-corrected chi connectivity index (χ0v) is 18.7. The molecule has 1 fully saturated rings. The van der Waals surface area contributed by atoms with Gasteiger partial charge in [0.05, 0.1) is 0 Å². The highest BCUT2D eigenvalue weighted by atomic mass is 35.5. The van der Waals surface area contributed by atoms with Crippen LogP contribution in [0.25, 0.3) is 0 Å². The first-order valence-corrected chi connectivity index (χ1v) is 10.8. The second-order valence-electron chi connectivity index (χ2n) is 8.38. The molecule has 158 valence electrons. The number of hydrogen-bond acceptors (Lipinski definition) is 3. The van der Waals surface area contributed by atoms with Gasteiger partial charge < -0.3 is 10.2 Å². The third-order valence-corrected chi connectivity index (χ3v) is 6.74. The van der Waals surface area contributed by atoms with Crippen molar-refractivity contribution in [2.75, 3.05) is 44.2 Å². The molecule has 1 aliphatic heterocycles. The summed E-state index contributed by atoms with van der Waals surface area (Å²) in [4.78, 5) is 5.13. The lowest BCUT2D eigenvalue weighted by molar-refractivity contribution is 0.254. The summed E-state index contributed by atoms with van der Waals surface area (Å²) in [6, 6.07) is 16.5. The lowest BCUT2D eigenvalue weighted by Gasteiger charge is -2.36. The Labute approximate surface area is 187 Å². The molecule has 1 atom stereocenters. The molecule has 0 radical (unpaired) electrons. The predicted molar refractivity (Wildman–Crippen MR) is 127 cm³/mol. The Bertz CT molecular complexity index is 788. The minimum atomic E-state index is 0. The maximum absolute atomic E-state index is 3.86. The molecule has 29 heavy (non-hydrogen) atoms. The van der Waals surface area contributed by atoms with Crippen molar-refractivity contribution in [3.63, 3.8) is 0 Å². The quantitative estimate of drug-likeness (QED) is 0.752. The van der Waals surface area contributed by atoms with E-state index in [4.69, 9.17) is 0 Å². The van der Waals surface area contributed by atoms with Crippen LogP contribution >= 0.6 is 24.8 Å². The number of fused-ring (bicyclic) bond motifs is 2. The zero-order valence-electron chi connectivity index (χ0n) is 17.1. The zero-order chi connectivity index (χ0) is 18.1. The van der Waals surface area contributed by atoms with Crippen molar-refractivity contribution in [2.45, 2.75) is 38.1 Å². The molecule has 0 amide bonds. The molecule has 1 N–H and O–H groups in total. The van der Waals surface area contributed by atoms with E-state index >= 15 is 0 Å². The van der Waals surface area contributed by atoms with Crippen LogP contribution in [0.4, 0.5) is 5.69 Å². The van der Waals surface area contributed by atoms with Crippen LogP contribution in [0.1, 0.15) is 41.1 Å². The molecule has 5 rings (SSSR count). The summed E-state index contributed by atoms with van der Waals surface area (Å²) in [7, 11) is 0. The van der Waals surface area contributed by atoms with Crippen LogP contribution in [0, 0.1) is 0 Å². The highest BCUT2D eigenvalue weighted by Crippen LogP contribution is 2.35. The Balaban J connectivity index is 0.00000120. The number of para-hydroxylation sites is 1. The van der Waals surface area contributed by atoms with Crippen molar-refractivity contribution >= 4 is 30.5 Å². The maximum atomic E-state index is 3.86. The lowest BCUT2D eigenvalue weighted by atomic mass is 10.0. The summed E-state index contributed by atoms with van der Waals surface area (Å²) in [5.41, 5.74) is 7.84. The van der Waals surface area contributed by atoms with Crippen LogP contribution in [-0.2, 0) is 19.3 Å². The van der Waals surface area contributed by atoms with E-state index in [1.54, 1.807) is 22.3 Å². The van der Waals surface area contributed by atoms with Gasteiger partial charge in [-0.2, -0.15) is 0 Å². The smallest absolute Gasteiger partial charge is 0.0367 e. The first-order valence-electron chi connectivity index (χ1n) is 10.8. The van der Waals surface area contributed by atoms with Gasteiger partial charge in [0.15, 0.2) is 0 Å². The molecule has 2 aromatic carbocycles. The summed E-state index contributed by atoms with van der Waals surface area (Å²) < 4.78 is 0. The molecule has 3 aliphatic rings. The average Bonchev–Trinajstić information content (AvgIpc) is 3.34. The van der Waals surface area contributed by atoms with Crippen molar-refractivity contribution in [1.82, 2.24) is 10.2 Å². The minimum absolute atomic E-state index is 0. The molecule has 1 unspecified atom stereocenters. The fourth-order valence-corrected chi connectivity index (χ4v) is 5.17. The van der Waals surface area contributed by atoms with Crippen LogP contribution in [0.5, 0.6) is 0 Å². The molecule has 1 saturated heterocycles. The van der Waals surface area contributed by atoms with Crippen molar-refractivity contribution in [3.05, 3.63) is 64.7 Å². The standard InChI is InChI=1S/C24H31N3.2ClH/c1-2-7-22(8-3-1)27-15-13-26(14-16-27)12-11-25-24-10-9-21-17-19-5-4-6-20(19)18-23(21)24;;/h1-3,7-8,17-18,24-25H,4-6,9-16H2;2*1H. The highest BCUT2D eigenvalue weighted by molar-refractivity contribution is 5.85. The van der Waals surface area contributed by atoms with Crippen LogP contribution in [0.3, 0.4) is 0 Å². The van der Waals surface area contributed by atoms with E-state index in [0.29, 0.717) is 6.04 Å². The third-order valence-electron chi connectivity index (χ3n) is 6.74. The molecule has 0 saturated carbocycles. The van der Waals surface area contributed by atoms with Crippen molar-refractivity contribution in [2.24, 2.45) is 0 Å². The fourth-order valence-electron chi connectivity index (χ4n) is 5.17. The summed E-state index contributed by atoms with van der Waals surface area (Å²) in [6.07, 6.45) is 6.48. The largest absolute Gasteiger partial charge is 0.369 e. The summed E-state index contributed by atoms with van der Waals surface area (Å²) in [5, 5.41) is 3.86. The number of piperazine rings is 1. The number of aryl methyl sites for hydroxylation is 3. The third kappa shape index (κ3) is 4.91. The summed E-state index contributed by atoms with van der Waals surface area (Å²) in [5.74, 6) is 0. The van der Waals surface area contributed by atoms with Crippen LogP contribution in [-0.4, -0.2) is 44.2 Å². The molecule has 2 aliphatic carbocycles. The molecule has 3 nitrogen and oxygen atoms in total. The van der Waals surface area contributed by atoms with E-state index in [1.165, 1.54) is 57.4 Å². The van der Waals surface area contributed by atoms with E-state index in [0.717, 1.165) is 19.6 Å². The van der Waals surface area contributed by atoms with Gasteiger partial charge in [0.2, 0.25) is 0 Å². The Morgan fingerprint density at radius 3 is 2.31 bits per heavy atom. The van der Waals surface area contributed by atoms with Crippen LogP contribution < -0.4 is 10.2 Å². The van der Waals surface area contributed by atoms with Gasteiger partial charge in [-0.3, -0.25) is 4.90 Å². The second kappa shape index (κ2) is 10.2. The number of nitrogens with zero attached hydrogens (tertiary/aromatic N) is 2.